The molecule has 0 unspecified atom stereocenters. The monoisotopic (exact) mass is 380 g/mol. The summed E-state index contributed by atoms with van der Waals surface area (Å²) in [5.74, 6) is -0.699. The van der Waals surface area contributed by atoms with Crippen molar-refractivity contribution < 1.29 is 9.59 Å². The molecule has 0 fully saturated rings. The van der Waals surface area contributed by atoms with E-state index < -0.39 is 5.91 Å². The van der Waals surface area contributed by atoms with Crippen LogP contribution in [0.15, 0.2) is 42.7 Å². The molecule has 0 saturated heterocycles. The third-order valence-corrected chi connectivity index (χ3v) is 4.52. The Kier molecular flexibility index (Phi) is 5.91. The number of carbonyl (C=O) groups is 2. The van der Waals surface area contributed by atoms with Gasteiger partial charge in [-0.1, -0.05) is 0 Å². The van der Waals surface area contributed by atoms with E-state index in [0.717, 1.165) is 21.6 Å². The lowest BCUT2D eigenvalue weighted by Crippen LogP contribution is -2.37. The molecule has 2 aromatic heterocycles. The highest BCUT2D eigenvalue weighted by molar-refractivity contribution is 7.18. The summed E-state index contributed by atoms with van der Waals surface area (Å²) in [7, 11) is 0. The van der Waals surface area contributed by atoms with E-state index in [1.165, 1.54) is 11.3 Å². The molecule has 0 atom stereocenters. The summed E-state index contributed by atoms with van der Waals surface area (Å²) in [5, 5.41) is 17.2. The second-order valence-corrected chi connectivity index (χ2v) is 6.66. The first-order valence-electron chi connectivity index (χ1n) is 8.11. The lowest BCUT2D eigenvalue weighted by Gasteiger charge is -2.04. The van der Waals surface area contributed by atoms with Gasteiger partial charge < -0.3 is 16.0 Å². The van der Waals surface area contributed by atoms with E-state index >= 15 is 0 Å². The number of nitriles is 1. The van der Waals surface area contributed by atoms with E-state index in [9.17, 15) is 9.59 Å². The maximum atomic E-state index is 12.0. The van der Waals surface area contributed by atoms with E-state index in [1.807, 2.05) is 30.3 Å². The molecule has 0 bridgehead atoms. The highest BCUT2D eigenvalue weighted by Gasteiger charge is 2.11. The highest BCUT2D eigenvalue weighted by atomic mass is 32.1. The maximum absolute atomic E-state index is 12.0. The van der Waals surface area contributed by atoms with Crippen molar-refractivity contribution in [3.63, 3.8) is 0 Å². The van der Waals surface area contributed by atoms with E-state index in [1.54, 1.807) is 18.5 Å². The van der Waals surface area contributed by atoms with Gasteiger partial charge in [0, 0.05) is 11.9 Å². The van der Waals surface area contributed by atoms with Crippen molar-refractivity contribution >= 4 is 44.7 Å². The average Bonchev–Trinajstić information content (AvgIpc) is 3.07. The summed E-state index contributed by atoms with van der Waals surface area (Å²) >= 11 is 1.43. The number of benzene rings is 1. The Balaban J connectivity index is 1.60. The van der Waals surface area contributed by atoms with Crippen LogP contribution in [0.1, 0.15) is 5.01 Å². The fraction of sp³-hybridized carbons (Fsp3) is 0.167. The minimum atomic E-state index is -0.402. The molecule has 136 valence electrons. The fourth-order valence-electron chi connectivity index (χ4n) is 2.31. The van der Waals surface area contributed by atoms with E-state index in [0.29, 0.717) is 5.01 Å². The number of carbonyl (C=O) groups excluding carboxylic acids is 2. The predicted octanol–water partition coefficient (Wildman–Crippen LogP) is 1.73. The molecule has 0 spiro atoms. The molecule has 8 nitrogen and oxygen atoms in total. The summed E-state index contributed by atoms with van der Waals surface area (Å²) in [5.41, 5.74) is 2.60. The summed E-state index contributed by atoms with van der Waals surface area (Å²) < 4.78 is 0.957. The Labute approximate surface area is 159 Å². The van der Waals surface area contributed by atoms with E-state index in [4.69, 9.17) is 5.26 Å². The molecule has 3 N–H and O–H groups in total. The normalized spacial score (nSPS) is 10.2. The van der Waals surface area contributed by atoms with Crippen molar-refractivity contribution in [3.8, 4) is 6.07 Å². The summed E-state index contributed by atoms with van der Waals surface area (Å²) in [4.78, 5) is 31.9. The third kappa shape index (κ3) is 5.23. The average molecular weight is 380 g/mol. The Morgan fingerprint density at radius 3 is 2.81 bits per heavy atom. The summed E-state index contributed by atoms with van der Waals surface area (Å²) in [6.07, 6.45) is 3.54. The number of aromatic nitrogens is 2. The number of nitrogens with one attached hydrogen (secondary N) is 3. The highest BCUT2D eigenvalue weighted by Crippen LogP contribution is 2.27. The topological polar surface area (TPSA) is 120 Å². The van der Waals surface area contributed by atoms with Crippen molar-refractivity contribution in [3.05, 3.63) is 47.7 Å². The molecule has 2 amide bonds. The number of amides is 2. The lowest BCUT2D eigenvalue weighted by molar-refractivity contribution is -0.125. The van der Waals surface area contributed by atoms with Crippen LogP contribution in [-0.2, 0) is 16.0 Å². The van der Waals surface area contributed by atoms with Gasteiger partial charge in [-0.05, 0) is 30.3 Å². The Morgan fingerprint density at radius 2 is 2.04 bits per heavy atom. The second kappa shape index (κ2) is 8.73. The van der Waals surface area contributed by atoms with Gasteiger partial charge in [-0.2, -0.15) is 5.26 Å². The molecule has 3 rings (SSSR count). The number of anilines is 2. The molecule has 0 saturated carbocycles. The smallest absolute Gasteiger partial charge is 0.240 e. The van der Waals surface area contributed by atoms with E-state index in [2.05, 4.69) is 25.9 Å². The number of hydrogen-bond acceptors (Lipinski definition) is 7. The van der Waals surface area contributed by atoms with Crippen LogP contribution in [0.2, 0.25) is 0 Å². The Hall–Kier alpha value is -3.51. The molecule has 9 heteroatoms. The zero-order valence-electron chi connectivity index (χ0n) is 14.2. The molecule has 0 aliphatic heterocycles. The second-order valence-electron chi connectivity index (χ2n) is 5.55. The third-order valence-electron chi connectivity index (χ3n) is 3.51. The molecule has 27 heavy (non-hydrogen) atoms. The van der Waals surface area contributed by atoms with Crippen LogP contribution in [0.3, 0.4) is 0 Å². The first kappa shape index (κ1) is 18.3. The molecule has 0 radical (unpaired) electrons. The Bertz CT molecular complexity index is 996. The van der Waals surface area contributed by atoms with Crippen LogP contribution in [0.4, 0.5) is 11.4 Å². The Morgan fingerprint density at radius 1 is 1.15 bits per heavy atom. The van der Waals surface area contributed by atoms with Gasteiger partial charge in [0.1, 0.15) is 11.6 Å². The molecule has 1 aromatic carbocycles. The van der Waals surface area contributed by atoms with Gasteiger partial charge in [0.05, 0.1) is 41.1 Å². The van der Waals surface area contributed by atoms with Crippen molar-refractivity contribution in [1.29, 1.82) is 5.26 Å². The number of rotatable bonds is 7. The van der Waals surface area contributed by atoms with Gasteiger partial charge >= 0.3 is 0 Å². The van der Waals surface area contributed by atoms with Crippen LogP contribution in [0.5, 0.6) is 0 Å². The van der Waals surface area contributed by atoms with Gasteiger partial charge in [0.25, 0.3) is 0 Å². The van der Waals surface area contributed by atoms with Crippen LogP contribution < -0.4 is 16.0 Å². The number of nitrogens with zero attached hydrogens (tertiary/aromatic N) is 3. The molecular weight excluding hydrogens is 364 g/mol. The SMILES string of the molecule is N#CCNC(=O)CNC(=O)Cc1nc2ccc(Nc3cccnc3)cc2s1. The molecule has 0 aliphatic carbocycles. The summed E-state index contributed by atoms with van der Waals surface area (Å²) in [6.45, 7) is -0.243. The van der Waals surface area contributed by atoms with Gasteiger partial charge in [-0.25, -0.2) is 4.98 Å². The van der Waals surface area contributed by atoms with Crippen LogP contribution >= 0.6 is 11.3 Å². The minimum Gasteiger partial charge on any atom is -0.354 e. The molecule has 0 aliphatic rings. The molecule has 2 heterocycles. The number of fused-ring (bicyclic) bond motifs is 1. The van der Waals surface area contributed by atoms with Crippen molar-refractivity contribution in [2.75, 3.05) is 18.4 Å². The van der Waals surface area contributed by atoms with Crippen LogP contribution in [0, 0.1) is 11.3 Å². The molecule has 3 aromatic rings. The van der Waals surface area contributed by atoms with Gasteiger partial charge in [0.15, 0.2) is 0 Å². The molecular formula is C18H16N6O2S. The maximum Gasteiger partial charge on any atom is 0.240 e. The minimum absolute atomic E-state index is 0.0814. The zero-order valence-corrected chi connectivity index (χ0v) is 15.0. The first-order valence-corrected chi connectivity index (χ1v) is 8.92. The number of pyridine rings is 1. The van der Waals surface area contributed by atoms with Crippen LogP contribution in [0.25, 0.3) is 10.2 Å². The van der Waals surface area contributed by atoms with Crippen molar-refractivity contribution in [2.45, 2.75) is 6.42 Å². The van der Waals surface area contributed by atoms with Gasteiger partial charge in [-0.3, -0.25) is 14.6 Å². The lowest BCUT2D eigenvalue weighted by atomic mass is 10.3. The van der Waals surface area contributed by atoms with Crippen LogP contribution in [-0.4, -0.2) is 34.9 Å². The van der Waals surface area contributed by atoms with Gasteiger partial charge in [0.2, 0.25) is 11.8 Å². The zero-order chi connectivity index (χ0) is 19.1. The standard InChI is InChI=1S/C18H16N6O2S/c19-5-7-21-17(26)11-22-16(25)9-18-24-14-4-3-12(8-15(14)27-18)23-13-2-1-6-20-10-13/h1-4,6,8,10,23H,7,9,11H2,(H,21,26)(H,22,25). The fourth-order valence-corrected chi connectivity index (χ4v) is 3.31. The number of thiazole rings is 1. The summed E-state index contributed by atoms with van der Waals surface area (Å²) in [6, 6.07) is 11.3. The largest absolute Gasteiger partial charge is 0.354 e. The van der Waals surface area contributed by atoms with E-state index in [-0.39, 0.29) is 25.4 Å². The van der Waals surface area contributed by atoms with Crippen molar-refractivity contribution in [2.24, 2.45) is 0 Å². The van der Waals surface area contributed by atoms with Gasteiger partial charge in [-0.15, -0.1) is 11.3 Å². The number of hydrogen-bond donors (Lipinski definition) is 3. The van der Waals surface area contributed by atoms with Crippen molar-refractivity contribution in [1.82, 2.24) is 20.6 Å². The first-order chi connectivity index (χ1) is 13.1. The quantitative estimate of drug-likeness (QED) is 0.537. The predicted molar refractivity (Wildman–Crippen MR) is 102 cm³/mol.